The smallest absolute Gasteiger partial charge is 0.130 e. The summed E-state index contributed by atoms with van der Waals surface area (Å²) in [7, 11) is 1.65. The number of H-pyrrole nitrogens is 1. The van der Waals surface area contributed by atoms with Gasteiger partial charge in [-0.3, -0.25) is 5.10 Å². The first-order chi connectivity index (χ1) is 12.2. The van der Waals surface area contributed by atoms with Crippen LogP contribution in [0.1, 0.15) is 5.69 Å². The van der Waals surface area contributed by atoms with Crippen LogP contribution in [0.5, 0.6) is 11.5 Å². The molecular weight excluding hydrogens is 318 g/mol. The van der Waals surface area contributed by atoms with Crippen molar-refractivity contribution in [1.29, 1.82) is 0 Å². The van der Waals surface area contributed by atoms with Crippen LogP contribution in [-0.2, 0) is 11.3 Å². The average molecular weight is 339 g/mol. The van der Waals surface area contributed by atoms with Crippen molar-refractivity contribution in [3.8, 4) is 22.8 Å². The second-order valence-electron chi connectivity index (χ2n) is 5.51. The van der Waals surface area contributed by atoms with Crippen molar-refractivity contribution in [3.05, 3.63) is 60.3 Å². The molecule has 25 heavy (non-hydrogen) atoms. The molecule has 0 unspecified atom stereocenters. The third kappa shape index (κ3) is 4.74. The zero-order valence-corrected chi connectivity index (χ0v) is 14.1. The Balaban J connectivity index is 1.59. The molecule has 0 saturated heterocycles. The predicted molar refractivity (Wildman–Crippen MR) is 96.6 cm³/mol. The molecule has 1 heterocycles. The molecule has 0 spiro atoms. The lowest BCUT2D eigenvalue weighted by Gasteiger charge is -2.05. The number of nitrogen functional groups attached to an aromatic ring is 1. The second kappa shape index (κ2) is 8.21. The first kappa shape index (κ1) is 16.9. The van der Waals surface area contributed by atoms with Gasteiger partial charge in [-0.2, -0.15) is 5.10 Å². The fourth-order valence-electron chi connectivity index (χ4n) is 2.31. The van der Waals surface area contributed by atoms with Gasteiger partial charge in [0.1, 0.15) is 24.7 Å². The molecule has 6 heteroatoms. The van der Waals surface area contributed by atoms with Crippen LogP contribution in [0, 0.1) is 0 Å². The van der Waals surface area contributed by atoms with Gasteiger partial charge in [0.15, 0.2) is 0 Å². The van der Waals surface area contributed by atoms with Gasteiger partial charge in [0.2, 0.25) is 0 Å². The van der Waals surface area contributed by atoms with E-state index in [1.165, 1.54) is 0 Å². The third-order valence-electron chi connectivity index (χ3n) is 3.59. The van der Waals surface area contributed by atoms with Crippen LogP contribution in [0.15, 0.2) is 54.6 Å². The Morgan fingerprint density at radius 1 is 0.960 bits per heavy atom. The van der Waals surface area contributed by atoms with Crippen LogP contribution < -0.4 is 15.2 Å². The Labute approximate surface area is 146 Å². The molecule has 0 bridgehead atoms. The van der Waals surface area contributed by atoms with E-state index in [-0.39, 0.29) is 0 Å². The van der Waals surface area contributed by atoms with E-state index in [9.17, 15) is 0 Å². The van der Waals surface area contributed by atoms with Gasteiger partial charge in [-0.05, 0) is 42.5 Å². The van der Waals surface area contributed by atoms with Gasteiger partial charge < -0.3 is 19.9 Å². The standard InChI is InChI=1S/C19H21N3O3/c1-23-9-10-24-17-7-5-14(6-8-17)19-12-16(21-22-19)13-25-18-4-2-3-15(20)11-18/h2-8,11-12H,9-10,13,20H2,1H3,(H,21,22). The van der Waals surface area contributed by atoms with Crippen molar-refractivity contribution in [2.45, 2.75) is 6.61 Å². The Kier molecular flexibility index (Phi) is 5.53. The quantitative estimate of drug-likeness (QED) is 0.486. The largest absolute Gasteiger partial charge is 0.491 e. The molecule has 0 aliphatic rings. The van der Waals surface area contributed by atoms with Gasteiger partial charge in [0.25, 0.3) is 0 Å². The normalized spacial score (nSPS) is 10.6. The van der Waals surface area contributed by atoms with Gasteiger partial charge in [-0.15, -0.1) is 0 Å². The van der Waals surface area contributed by atoms with E-state index in [0.717, 1.165) is 28.5 Å². The average Bonchev–Trinajstić information content (AvgIpc) is 3.10. The number of methoxy groups -OCH3 is 1. The number of nitrogens with two attached hydrogens (primary N) is 1. The number of aromatic nitrogens is 2. The monoisotopic (exact) mass is 339 g/mol. The number of ether oxygens (including phenoxy) is 3. The number of hydrogen-bond donors (Lipinski definition) is 2. The van der Waals surface area contributed by atoms with E-state index in [2.05, 4.69) is 10.2 Å². The van der Waals surface area contributed by atoms with Gasteiger partial charge in [0, 0.05) is 24.4 Å². The van der Waals surface area contributed by atoms with Gasteiger partial charge in [-0.1, -0.05) is 6.07 Å². The second-order valence-corrected chi connectivity index (χ2v) is 5.51. The van der Waals surface area contributed by atoms with Crippen molar-refractivity contribution < 1.29 is 14.2 Å². The molecule has 3 aromatic rings. The minimum atomic E-state index is 0.397. The van der Waals surface area contributed by atoms with Crippen molar-refractivity contribution >= 4 is 5.69 Å². The molecule has 0 amide bonds. The van der Waals surface area contributed by atoms with Crippen LogP contribution in [0.25, 0.3) is 11.3 Å². The van der Waals surface area contributed by atoms with Crippen LogP contribution in [-0.4, -0.2) is 30.5 Å². The van der Waals surface area contributed by atoms with Gasteiger partial charge >= 0.3 is 0 Å². The molecular formula is C19H21N3O3. The lowest BCUT2D eigenvalue weighted by molar-refractivity contribution is 0.146. The molecule has 0 atom stereocenters. The van der Waals surface area contributed by atoms with E-state index in [1.54, 1.807) is 13.2 Å². The Bertz CT molecular complexity index is 800. The SMILES string of the molecule is COCCOc1ccc(-c2cc(COc3cccc(N)c3)[nH]n2)cc1. The molecule has 3 N–H and O–H groups in total. The lowest BCUT2D eigenvalue weighted by atomic mass is 10.1. The van der Waals surface area contributed by atoms with E-state index < -0.39 is 0 Å². The molecule has 130 valence electrons. The number of aromatic amines is 1. The summed E-state index contributed by atoms with van der Waals surface area (Å²) in [4.78, 5) is 0. The summed E-state index contributed by atoms with van der Waals surface area (Å²) < 4.78 is 16.2. The first-order valence-electron chi connectivity index (χ1n) is 7.99. The molecule has 0 aliphatic carbocycles. The number of hydrogen-bond acceptors (Lipinski definition) is 5. The van der Waals surface area contributed by atoms with E-state index in [0.29, 0.717) is 25.5 Å². The molecule has 0 saturated carbocycles. The highest BCUT2D eigenvalue weighted by Gasteiger charge is 2.05. The summed E-state index contributed by atoms with van der Waals surface area (Å²) in [6, 6.07) is 17.1. The summed E-state index contributed by atoms with van der Waals surface area (Å²) >= 11 is 0. The molecule has 3 rings (SSSR count). The van der Waals surface area contributed by atoms with Gasteiger partial charge in [0.05, 0.1) is 18.0 Å². The Hall–Kier alpha value is -2.99. The molecule has 2 aromatic carbocycles. The van der Waals surface area contributed by atoms with Crippen LogP contribution in [0.3, 0.4) is 0 Å². The van der Waals surface area contributed by atoms with Crippen LogP contribution >= 0.6 is 0 Å². The number of anilines is 1. The summed E-state index contributed by atoms with van der Waals surface area (Å²) in [6.45, 7) is 1.50. The topological polar surface area (TPSA) is 82.4 Å². The summed E-state index contributed by atoms with van der Waals surface area (Å²) in [5.74, 6) is 1.54. The fraction of sp³-hybridized carbons (Fsp3) is 0.211. The molecule has 0 fully saturated rings. The van der Waals surface area contributed by atoms with E-state index in [4.69, 9.17) is 19.9 Å². The highest BCUT2D eigenvalue weighted by Crippen LogP contribution is 2.22. The van der Waals surface area contributed by atoms with Crippen molar-refractivity contribution in [2.24, 2.45) is 0 Å². The summed E-state index contributed by atoms with van der Waals surface area (Å²) in [5.41, 5.74) is 9.17. The Morgan fingerprint density at radius 2 is 1.80 bits per heavy atom. The number of nitrogens with one attached hydrogen (secondary N) is 1. The van der Waals surface area contributed by atoms with Crippen LogP contribution in [0.2, 0.25) is 0 Å². The predicted octanol–water partition coefficient (Wildman–Crippen LogP) is 3.26. The maximum atomic E-state index is 5.74. The van der Waals surface area contributed by atoms with Crippen molar-refractivity contribution in [3.63, 3.8) is 0 Å². The van der Waals surface area contributed by atoms with Crippen molar-refractivity contribution in [2.75, 3.05) is 26.1 Å². The third-order valence-corrected chi connectivity index (χ3v) is 3.59. The summed E-state index contributed by atoms with van der Waals surface area (Å²) in [6.07, 6.45) is 0. The minimum Gasteiger partial charge on any atom is -0.491 e. The van der Waals surface area contributed by atoms with E-state index >= 15 is 0 Å². The molecule has 6 nitrogen and oxygen atoms in total. The van der Waals surface area contributed by atoms with E-state index in [1.807, 2.05) is 48.5 Å². The first-order valence-corrected chi connectivity index (χ1v) is 7.99. The van der Waals surface area contributed by atoms with Gasteiger partial charge in [-0.25, -0.2) is 0 Å². The number of nitrogens with zero attached hydrogens (tertiary/aromatic N) is 1. The zero-order valence-electron chi connectivity index (χ0n) is 14.1. The highest BCUT2D eigenvalue weighted by molar-refractivity contribution is 5.60. The maximum absolute atomic E-state index is 5.74. The molecule has 1 aromatic heterocycles. The summed E-state index contributed by atoms with van der Waals surface area (Å²) in [5, 5.41) is 7.32. The van der Waals surface area contributed by atoms with Crippen LogP contribution in [0.4, 0.5) is 5.69 Å². The minimum absolute atomic E-state index is 0.397. The molecule has 0 radical (unpaired) electrons. The lowest BCUT2D eigenvalue weighted by Crippen LogP contribution is -2.03. The highest BCUT2D eigenvalue weighted by atomic mass is 16.5. The number of rotatable bonds is 8. The zero-order chi connectivity index (χ0) is 17.5. The molecule has 0 aliphatic heterocycles. The fourth-order valence-corrected chi connectivity index (χ4v) is 2.31. The Morgan fingerprint density at radius 3 is 2.56 bits per heavy atom. The maximum Gasteiger partial charge on any atom is 0.130 e. The van der Waals surface area contributed by atoms with Crippen molar-refractivity contribution in [1.82, 2.24) is 10.2 Å². The number of benzene rings is 2.